The maximum Gasteiger partial charge on any atom is 0.0642 e. The van der Waals surface area contributed by atoms with Crippen molar-refractivity contribution in [1.29, 1.82) is 0 Å². The molecule has 1 fully saturated rings. The van der Waals surface area contributed by atoms with Gasteiger partial charge in [-0.2, -0.15) is 0 Å². The Balaban J connectivity index is 2.17. The van der Waals surface area contributed by atoms with Crippen LogP contribution in [0.5, 0.6) is 0 Å². The molecule has 106 valence electrons. The van der Waals surface area contributed by atoms with Gasteiger partial charge in [-0.3, -0.25) is 0 Å². The van der Waals surface area contributed by atoms with Crippen molar-refractivity contribution < 1.29 is 5.11 Å². The van der Waals surface area contributed by atoms with E-state index in [1.165, 1.54) is 18.4 Å². The van der Waals surface area contributed by atoms with Crippen molar-refractivity contribution in [2.45, 2.75) is 38.8 Å². The predicted molar refractivity (Wildman–Crippen MR) is 80.9 cm³/mol. The van der Waals surface area contributed by atoms with Crippen LogP contribution in [0.15, 0.2) is 18.2 Å². The van der Waals surface area contributed by atoms with E-state index in [1.54, 1.807) is 0 Å². The molecule has 0 amide bonds. The Morgan fingerprint density at radius 1 is 1.37 bits per heavy atom. The first-order valence-electron chi connectivity index (χ1n) is 7.12. The molecular weight excluding hydrogens is 260 g/mol. The summed E-state index contributed by atoms with van der Waals surface area (Å²) in [7, 11) is 0. The van der Waals surface area contributed by atoms with Crippen LogP contribution in [-0.4, -0.2) is 30.8 Å². The smallest absolute Gasteiger partial charge is 0.0642 e. The Bertz CT molecular complexity index is 401. The molecule has 2 N–H and O–H groups in total. The minimum Gasteiger partial charge on any atom is -0.395 e. The molecule has 0 radical (unpaired) electrons. The summed E-state index contributed by atoms with van der Waals surface area (Å²) in [6, 6.07) is 6.73. The molecular formula is C15H23ClN2O. The molecule has 1 aromatic carbocycles. The van der Waals surface area contributed by atoms with Gasteiger partial charge in [-0.15, -0.1) is 0 Å². The van der Waals surface area contributed by atoms with Crippen molar-refractivity contribution in [3.63, 3.8) is 0 Å². The second kappa shape index (κ2) is 7.13. The number of aliphatic hydroxyl groups is 1. The summed E-state index contributed by atoms with van der Waals surface area (Å²) in [6.45, 7) is 4.70. The van der Waals surface area contributed by atoms with Crippen LogP contribution in [0.1, 0.15) is 31.7 Å². The molecule has 1 aliphatic rings. The van der Waals surface area contributed by atoms with Gasteiger partial charge < -0.3 is 15.3 Å². The second-order valence-corrected chi connectivity index (χ2v) is 5.52. The molecule has 0 unspecified atom stereocenters. The molecule has 0 saturated heterocycles. The molecule has 0 atom stereocenters. The fraction of sp³-hybridized carbons (Fsp3) is 0.600. The van der Waals surface area contributed by atoms with Gasteiger partial charge in [0, 0.05) is 25.7 Å². The molecule has 0 bridgehead atoms. The van der Waals surface area contributed by atoms with E-state index in [1.807, 2.05) is 12.1 Å². The van der Waals surface area contributed by atoms with Crippen molar-refractivity contribution in [1.82, 2.24) is 5.32 Å². The number of aliphatic hydroxyl groups excluding tert-OH is 1. The molecule has 0 spiro atoms. The van der Waals surface area contributed by atoms with E-state index in [2.05, 4.69) is 23.2 Å². The van der Waals surface area contributed by atoms with Gasteiger partial charge in [0.25, 0.3) is 0 Å². The number of benzene rings is 1. The summed E-state index contributed by atoms with van der Waals surface area (Å²) in [5.41, 5.74) is 2.30. The van der Waals surface area contributed by atoms with Gasteiger partial charge in [-0.05, 0) is 30.9 Å². The van der Waals surface area contributed by atoms with Gasteiger partial charge in [-0.25, -0.2) is 0 Å². The van der Waals surface area contributed by atoms with E-state index in [0.29, 0.717) is 12.6 Å². The van der Waals surface area contributed by atoms with E-state index in [4.69, 9.17) is 11.6 Å². The van der Waals surface area contributed by atoms with Crippen LogP contribution in [0.25, 0.3) is 0 Å². The van der Waals surface area contributed by atoms with E-state index in [9.17, 15) is 5.11 Å². The average Bonchev–Trinajstić information content (AvgIpc) is 3.20. The number of halogens is 1. The summed E-state index contributed by atoms with van der Waals surface area (Å²) in [4.78, 5) is 2.19. The molecule has 0 aromatic heterocycles. The number of rotatable bonds is 8. The van der Waals surface area contributed by atoms with Crippen molar-refractivity contribution in [2.75, 3.05) is 24.6 Å². The molecule has 19 heavy (non-hydrogen) atoms. The lowest BCUT2D eigenvalue weighted by molar-refractivity contribution is 0.301. The largest absolute Gasteiger partial charge is 0.395 e. The Labute approximate surface area is 120 Å². The number of hydrogen-bond acceptors (Lipinski definition) is 3. The molecule has 0 aliphatic heterocycles. The lowest BCUT2D eigenvalue weighted by atomic mass is 10.1. The van der Waals surface area contributed by atoms with Crippen molar-refractivity contribution in [3.05, 3.63) is 28.8 Å². The third-order valence-electron chi connectivity index (χ3n) is 3.41. The topological polar surface area (TPSA) is 35.5 Å². The van der Waals surface area contributed by atoms with Crippen molar-refractivity contribution in [3.8, 4) is 0 Å². The summed E-state index contributed by atoms with van der Waals surface area (Å²) in [5.74, 6) is 0. The summed E-state index contributed by atoms with van der Waals surface area (Å²) in [5, 5.41) is 13.5. The van der Waals surface area contributed by atoms with E-state index in [-0.39, 0.29) is 6.61 Å². The van der Waals surface area contributed by atoms with Crippen molar-refractivity contribution in [2.24, 2.45) is 0 Å². The van der Waals surface area contributed by atoms with Crippen LogP contribution in [0.3, 0.4) is 0 Å². The van der Waals surface area contributed by atoms with Gasteiger partial charge in [0.1, 0.15) is 0 Å². The fourth-order valence-electron chi connectivity index (χ4n) is 2.32. The highest BCUT2D eigenvalue weighted by molar-refractivity contribution is 6.33. The Kier molecular flexibility index (Phi) is 5.49. The zero-order chi connectivity index (χ0) is 13.7. The summed E-state index contributed by atoms with van der Waals surface area (Å²) in [6.07, 6.45) is 3.61. The molecule has 4 heteroatoms. The number of anilines is 1. The first-order chi connectivity index (χ1) is 9.26. The Morgan fingerprint density at radius 2 is 2.16 bits per heavy atom. The average molecular weight is 283 g/mol. The minimum absolute atomic E-state index is 0.153. The Morgan fingerprint density at radius 3 is 2.79 bits per heavy atom. The summed E-state index contributed by atoms with van der Waals surface area (Å²) < 4.78 is 0. The van der Waals surface area contributed by atoms with E-state index >= 15 is 0 Å². The van der Waals surface area contributed by atoms with Crippen LogP contribution in [0, 0.1) is 0 Å². The normalized spacial score (nSPS) is 14.7. The van der Waals surface area contributed by atoms with Crippen molar-refractivity contribution >= 4 is 17.3 Å². The molecule has 2 rings (SSSR count). The highest BCUT2D eigenvalue weighted by Crippen LogP contribution is 2.31. The zero-order valence-corrected chi connectivity index (χ0v) is 12.3. The molecule has 1 aromatic rings. The molecule has 1 saturated carbocycles. The number of para-hydroxylation sites is 1. The van der Waals surface area contributed by atoms with Gasteiger partial charge >= 0.3 is 0 Å². The van der Waals surface area contributed by atoms with E-state index in [0.717, 1.165) is 30.2 Å². The quantitative estimate of drug-likeness (QED) is 0.770. The standard InChI is InChI=1S/C15H23ClN2O/c1-2-8-18(9-10-19)15-12(4-3-5-14(15)16)11-17-13-6-7-13/h3-5,13,17,19H,2,6-11H2,1H3. The molecule has 1 aliphatic carbocycles. The predicted octanol–water partition coefficient (Wildman–Crippen LogP) is 2.80. The highest BCUT2D eigenvalue weighted by Gasteiger charge is 2.21. The maximum atomic E-state index is 9.23. The first-order valence-corrected chi connectivity index (χ1v) is 7.50. The lowest BCUT2D eigenvalue weighted by Gasteiger charge is -2.27. The van der Waals surface area contributed by atoms with Crippen LogP contribution < -0.4 is 10.2 Å². The van der Waals surface area contributed by atoms with Crippen LogP contribution in [0.4, 0.5) is 5.69 Å². The lowest BCUT2D eigenvalue weighted by Crippen LogP contribution is -2.29. The van der Waals surface area contributed by atoms with Crippen LogP contribution in [-0.2, 0) is 6.54 Å². The molecule has 3 nitrogen and oxygen atoms in total. The van der Waals surface area contributed by atoms with Gasteiger partial charge in [-0.1, -0.05) is 30.7 Å². The highest BCUT2D eigenvalue weighted by atomic mass is 35.5. The van der Waals surface area contributed by atoms with Crippen LogP contribution in [0.2, 0.25) is 5.02 Å². The Hall–Kier alpha value is -0.770. The molecule has 0 heterocycles. The minimum atomic E-state index is 0.153. The second-order valence-electron chi connectivity index (χ2n) is 5.11. The van der Waals surface area contributed by atoms with Gasteiger partial charge in [0.15, 0.2) is 0 Å². The summed E-state index contributed by atoms with van der Waals surface area (Å²) >= 11 is 6.38. The first kappa shape index (κ1) is 14.6. The third kappa shape index (κ3) is 4.10. The SMILES string of the molecule is CCCN(CCO)c1c(Cl)cccc1CNC1CC1. The van der Waals surface area contributed by atoms with Crippen LogP contribution >= 0.6 is 11.6 Å². The number of hydrogen-bond donors (Lipinski definition) is 2. The van der Waals surface area contributed by atoms with E-state index < -0.39 is 0 Å². The zero-order valence-electron chi connectivity index (χ0n) is 11.5. The van der Waals surface area contributed by atoms with Gasteiger partial charge in [0.2, 0.25) is 0 Å². The third-order valence-corrected chi connectivity index (χ3v) is 3.71. The monoisotopic (exact) mass is 282 g/mol. The number of nitrogens with zero attached hydrogens (tertiary/aromatic N) is 1. The number of nitrogens with one attached hydrogen (secondary N) is 1. The maximum absolute atomic E-state index is 9.23. The fourth-order valence-corrected chi connectivity index (χ4v) is 2.64. The van der Waals surface area contributed by atoms with Gasteiger partial charge in [0.05, 0.1) is 17.3 Å².